The lowest BCUT2D eigenvalue weighted by atomic mass is 10.2. The quantitative estimate of drug-likeness (QED) is 0.858. The molecule has 6 heteroatoms. The van der Waals surface area contributed by atoms with Crippen molar-refractivity contribution in [2.45, 2.75) is 20.8 Å². The lowest BCUT2D eigenvalue weighted by molar-refractivity contribution is 0.0949. The third kappa shape index (κ3) is 2.96. The molecule has 0 spiro atoms. The van der Waals surface area contributed by atoms with Crippen molar-refractivity contribution in [3.63, 3.8) is 0 Å². The predicted molar refractivity (Wildman–Crippen MR) is 77.8 cm³/mol. The molecule has 0 saturated carbocycles. The first-order valence-electron chi connectivity index (χ1n) is 6.97. The van der Waals surface area contributed by atoms with E-state index >= 15 is 0 Å². The predicted octanol–water partition coefficient (Wildman–Crippen LogP) is 1.11. The van der Waals surface area contributed by atoms with Crippen LogP contribution < -0.4 is 5.32 Å². The third-order valence-electron chi connectivity index (χ3n) is 3.41. The molecule has 2 rings (SSSR count). The van der Waals surface area contributed by atoms with Gasteiger partial charge in [-0.3, -0.25) is 4.79 Å². The molecular weight excluding hydrogens is 254 g/mol. The number of likely N-dealkylation sites (N-methyl/N-ethyl adjacent to an activating group) is 1. The Morgan fingerprint density at radius 2 is 2.15 bits per heavy atom. The number of nitrogens with one attached hydrogen (secondary N) is 1. The van der Waals surface area contributed by atoms with Crippen molar-refractivity contribution in [2.24, 2.45) is 0 Å². The molecule has 0 atom stereocenters. The SMILES string of the molecule is CCN(CC)CCNC(=O)c1c(C)nn2cccnc12. The van der Waals surface area contributed by atoms with Gasteiger partial charge in [0.2, 0.25) is 0 Å². The zero-order valence-electron chi connectivity index (χ0n) is 12.3. The number of aromatic nitrogens is 3. The van der Waals surface area contributed by atoms with Crippen LogP contribution >= 0.6 is 0 Å². The number of fused-ring (bicyclic) bond motifs is 1. The number of rotatable bonds is 6. The Labute approximate surface area is 118 Å². The van der Waals surface area contributed by atoms with Crippen molar-refractivity contribution < 1.29 is 4.79 Å². The summed E-state index contributed by atoms with van der Waals surface area (Å²) in [6, 6.07) is 1.79. The van der Waals surface area contributed by atoms with Crippen molar-refractivity contribution in [1.82, 2.24) is 24.8 Å². The maximum absolute atomic E-state index is 12.3. The zero-order chi connectivity index (χ0) is 14.5. The van der Waals surface area contributed by atoms with Crippen LogP contribution in [-0.4, -0.2) is 51.6 Å². The number of hydrogen-bond donors (Lipinski definition) is 1. The number of carbonyl (C=O) groups excluding carboxylic acids is 1. The van der Waals surface area contributed by atoms with E-state index in [1.54, 1.807) is 23.0 Å². The lowest BCUT2D eigenvalue weighted by Gasteiger charge is -2.17. The van der Waals surface area contributed by atoms with Crippen LogP contribution in [0.15, 0.2) is 18.5 Å². The number of amides is 1. The molecule has 0 bridgehead atoms. The first-order chi connectivity index (χ1) is 9.67. The number of nitrogens with zero attached hydrogens (tertiary/aromatic N) is 4. The molecule has 0 fully saturated rings. The van der Waals surface area contributed by atoms with Crippen molar-refractivity contribution in [3.8, 4) is 0 Å². The van der Waals surface area contributed by atoms with Crippen LogP contribution in [0.1, 0.15) is 29.9 Å². The summed E-state index contributed by atoms with van der Waals surface area (Å²) in [5.41, 5.74) is 1.86. The van der Waals surface area contributed by atoms with E-state index in [0.29, 0.717) is 23.4 Å². The summed E-state index contributed by atoms with van der Waals surface area (Å²) in [6.07, 6.45) is 3.46. The molecule has 1 amide bonds. The first-order valence-corrected chi connectivity index (χ1v) is 6.97. The van der Waals surface area contributed by atoms with Gasteiger partial charge < -0.3 is 10.2 Å². The van der Waals surface area contributed by atoms with E-state index in [1.807, 2.05) is 6.92 Å². The number of carbonyl (C=O) groups is 1. The second-order valence-corrected chi connectivity index (χ2v) is 4.63. The van der Waals surface area contributed by atoms with Crippen molar-refractivity contribution >= 4 is 11.6 Å². The van der Waals surface area contributed by atoms with Crippen LogP contribution in [0, 0.1) is 6.92 Å². The van der Waals surface area contributed by atoms with Crippen molar-refractivity contribution in [3.05, 3.63) is 29.7 Å². The molecule has 2 aromatic heterocycles. The smallest absolute Gasteiger partial charge is 0.257 e. The molecule has 0 aliphatic heterocycles. The van der Waals surface area contributed by atoms with Gasteiger partial charge in [0.05, 0.1) is 5.69 Å². The van der Waals surface area contributed by atoms with Crippen molar-refractivity contribution in [1.29, 1.82) is 0 Å². The molecule has 6 nitrogen and oxygen atoms in total. The number of aryl methyl sites for hydroxylation is 1. The van der Waals surface area contributed by atoms with E-state index in [-0.39, 0.29) is 5.91 Å². The maximum atomic E-state index is 12.3. The van der Waals surface area contributed by atoms with Crippen LogP contribution in [0.2, 0.25) is 0 Å². The van der Waals surface area contributed by atoms with E-state index in [2.05, 4.69) is 34.1 Å². The standard InChI is InChI=1S/C14H21N5O/c1-4-18(5-2)10-8-16-14(20)12-11(3)17-19-9-6-7-15-13(12)19/h6-7,9H,4-5,8,10H2,1-3H3,(H,16,20). The normalized spacial score (nSPS) is 11.2. The highest BCUT2D eigenvalue weighted by Gasteiger charge is 2.17. The minimum atomic E-state index is -0.108. The van der Waals surface area contributed by atoms with E-state index in [1.165, 1.54) is 0 Å². The molecule has 2 heterocycles. The second kappa shape index (κ2) is 6.47. The summed E-state index contributed by atoms with van der Waals surface area (Å²) in [5, 5.41) is 7.24. The summed E-state index contributed by atoms with van der Waals surface area (Å²) in [5.74, 6) is -0.108. The Hall–Kier alpha value is -1.95. The fourth-order valence-corrected chi connectivity index (χ4v) is 2.22. The Balaban J connectivity index is 2.06. The van der Waals surface area contributed by atoms with Gasteiger partial charge in [0.1, 0.15) is 5.56 Å². The molecule has 0 aliphatic rings. The van der Waals surface area contributed by atoms with Gasteiger partial charge in [-0.2, -0.15) is 5.10 Å². The van der Waals surface area contributed by atoms with E-state index in [4.69, 9.17) is 0 Å². The monoisotopic (exact) mass is 275 g/mol. The Kier molecular flexibility index (Phi) is 4.68. The van der Waals surface area contributed by atoms with E-state index in [0.717, 1.165) is 19.6 Å². The highest BCUT2D eigenvalue weighted by atomic mass is 16.1. The fourth-order valence-electron chi connectivity index (χ4n) is 2.22. The molecular formula is C14H21N5O. The largest absolute Gasteiger partial charge is 0.351 e. The van der Waals surface area contributed by atoms with Gasteiger partial charge in [-0.25, -0.2) is 9.50 Å². The summed E-state index contributed by atoms with van der Waals surface area (Å²) >= 11 is 0. The van der Waals surface area contributed by atoms with Gasteiger partial charge >= 0.3 is 0 Å². The minimum Gasteiger partial charge on any atom is -0.351 e. The van der Waals surface area contributed by atoms with Crippen molar-refractivity contribution in [2.75, 3.05) is 26.2 Å². The van der Waals surface area contributed by atoms with Crippen LogP contribution in [0.25, 0.3) is 5.65 Å². The molecule has 0 saturated heterocycles. The van der Waals surface area contributed by atoms with Gasteiger partial charge in [-0.1, -0.05) is 13.8 Å². The minimum absolute atomic E-state index is 0.108. The van der Waals surface area contributed by atoms with Gasteiger partial charge in [-0.15, -0.1) is 0 Å². The average molecular weight is 275 g/mol. The number of hydrogen-bond acceptors (Lipinski definition) is 4. The molecule has 2 aromatic rings. The molecule has 1 N–H and O–H groups in total. The molecule has 0 aliphatic carbocycles. The van der Waals surface area contributed by atoms with Gasteiger partial charge in [0.15, 0.2) is 5.65 Å². The molecule has 0 radical (unpaired) electrons. The highest BCUT2D eigenvalue weighted by molar-refractivity contribution is 6.00. The highest BCUT2D eigenvalue weighted by Crippen LogP contribution is 2.12. The fraction of sp³-hybridized carbons (Fsp3) is 0.500. The zero-order valence-corrected chi connectivity index (χ0v) is 12.3. The van der Waals surface area contributed by atoms with Crippen LogP contribution in [0.5, 0.6) is 0 Å². The molecule has 0 aromatic carbocycles. The topological polar surface area (TPSA) is 62.5 Å². The average Bonchev–Trinajstić information content (AvgIpc) is 2.79. The van der Waals surface area contributed by atoms with Crippen LogP contribution in [0.3, 0.4) is 0 Å². The van der Waals surface area contributed by atoms with Gasteiger partial charge in [-0.05, 0) is 26.1 Å². The third-order valence-corrected chi connectivity index (χ3v) is 3.41. The lowest BCUT2D eigenvalue weighted by Crippen LogP contribution is -2.35. The van der Waals surface area contributed by atoms with E-state index in [9.17, 15) is 4.79 Å². The van der Waals surface area contributed by atoms with Crippen LogP contribution in [0.4, 0.5) is 0 Å². The Bertz CT molecular complexity index is 588. The summed E-state index contributed by atoms with van der Waals surface area (Å²) < 4.78 is 1.63. The first kappa shape index (κ1) is 14.5. The van der Waals surface area contributed by atoms with Gasteiger partial charge in [0, 0.05) is 25.5 Å². The summed E-state index contributed by atoms with van der Waals surface area (Å²) in [4.78, 5) is 18.8. The molecule has 0 unspecified atom stereocenters. The van der Waals surface area contributed by atoms with E-state index < -0.39 is 0 Å². The second-order valence-electron chi connectivity index (χ2n) is 4.63. The molecule has 108 valence electrons. The Morgan fingerprint density at radius 1 is 1.40 bits per heavy atom. The van der Waals surface area contributed by atoms with Crippen LogP contribution in [-0.2, 0) is 0 Å². The van der Waals surface area contributed by atoms with Gasteiger partial charge in [0.25, 0.3) is 5.91 Å². The summed E-state index contributed by atoms with van der Waals surface area (Å²) in [6.45, 7) is 9.52. The Morgan fingerprint density at radius 3 is 2.85 bits per heavy atom. The maximum Gasteiger partial charge on any atom is 0.257 e. The summed E-state index contributed by atoms with van der Waals surface area (Å²) in [7, 11) is 0. The molecule has 20 heavy (non-hydrogen) atoms.